The summed E-state index contributed by atoms with van der Waals surface area (Å²) in [5.41, 5.74) is 2.76. The van der Waals surface area contributed by atoms with Crippen LogP contribution in [0.2, 0.25) is 0 Å². The molecule has 9 heteroatoms. The molecule has 0 saturated carbocycles. The number of carbonyl (C=O) groups excluding carboxylic acids is 1. The van der Waals surface area contributed by atoms with Gasteiger partial charge in [0, 0.05) is 13.1 Å². The molecule has 0 bridgehead atoms. The summed E-state index contributed by atoms with van der Waals surface area (Å²) in [7, 11) is 1.37. The number of aromatic nitrogens is 7. The summed E-state index contributed by atoms with van der Waals surface area (Å²) in [5, 5.41) is 17.2. The average molecular weight is 496 g/mol. The zero-order valence-electron chi connectivity index (χ0n) is 22.2. The first-order valence-corrected chi connectivity index (χ1v) is 13.6. The fourth-order valence-corrected chi connectivity index (χ4v) is 4.19. The normalized spacial score (nSPS) is 11.2. The third kappa shape index (κ3) is 8.53. The lowest BCUT2D eigenvalue weighted by atomic mass is 10.1. The Labute approximate surface area is 214 Å². The number of unbranched alkanes of at least 4 members (excludes halogenated alkanes) is 10. The van der Waals surface area contributed by atoms with Gasteiger partial charge in [-0.15, -0.1) is 10.2 Å². The minimum atomic E-state index is -0.432. The quantitative estimate of drug-likeness (QED) is 0.165. The van der Waals surface area contributed by atoms with Crippen molar-refractivity contribution in [3.05, 3.63) is 30.1 Å². The highest BCUT2D eigenvalue weighted by atomic mass is 16.5. The lowest BCUT2D eigenvalue weighted by Gasteiger charge is -2.05. The maximum absolute atomic E-state index is 12.4. The predicted molar refractivity (Wildman–Crippen MR) is 140 cm³/mol. The molecule has 9 nitrogen and oxygen atoms in total. The van der Waals surface area contributed by atoms with E-state index in [9.17, 15) is 4.79 Å². The van der Waals surface area contributed by atoms with E-state index in [0.29, 0.717) is 28.3 Å². The Morgan fingerprint density at radius 1 is 0.694 bits per heavy atom. The standard InChI is InChI=1S/C27H41N7O2/c1-4-6-8-10-12-14-16-33-20-25(29-31-33)23-18-22(27(35)36-3)19-24(28-23)26-21-34(32-30-26)17-15-13-11-9-7-5-2/h18-21H,4-17H2,1-3H3. The van der Waals surface area contributed by atoms with E-state index in [1.807, 2.05) is 21.8 Å². The first-order valence-electron chi connectivity index (χ1n) is 13.6. The monoisotopic (exact) mass is 495 g/mol. The summed E-state index contributed by atoms with van der Waals surface area (Å²) >= 11 is 0. The van der Waals surface area contributed by atoms with Crippen molar-refractivity contribution in [1.82, 2.24) is 35.0 Å². The number of rotatable bonds is 17. The number of hydrogen-bond donors (Lipinski definition) is 0. The number of ether oxygens (including phenoxy) is 1. The molecule has 0 aliphatic rings. The summed E-state index contributed by atoms with van der Waals surface area (Å²) in [6.45, 7) is 6.08. The van der Waals surface area contributed by atoms with Crippen LogP contribution < -0.4 is 0 Å². The molecule has 0 unspecified atom stereocenters. The smallest absolute Gasteiger partial charge is 0.338 e. The van der Waals surface area contributed by atoms with Gasteiger partial charge < -0.3 is 4.74 Å². The Kier molecular flexibility index (Phi) is 11.5. The number of pyridine rings is 1. The lowest BCUT2D eigenvalue weighted by molar-refractivity contribution is 0.0600. The summed E-state index contributed by atoms with van der Waals surface area (Å²) in [5.74, 6) is -0.432. The van der Waals surface area contributed by atoms with Gasteiger partial charge in [0.15, 0.2) is 0 Å². The van der Waals surface area contributed by atoms with E-state index >= 15 is 0 Å². The van der Waals surface area contributed by atoms with Crippen LogP contribution >= 0.6 is 0 Å². The van der Waals surface area contributed by atoms with Gasteiger partial charge in [0.25, 0.3) is 0 Å². The topological polar surface area (TPSA) is 101 Å². The molecule has 0 aromatic carbocycles. The second-order valence-electron chi connectivity index (χ2n) is 9.39. The molecule has 0 radical (unpaired) electrons. The van der Waals surface area contributed by atoms with E-state index in [-0.39, 0.29) is 0 Å². The molecule has 0 aliphatic heterocycles. The number of hydrogen-bond acceptors (Lipinski definition) is 7. The SMILES string of the molecule is CCCCCCCCn1cc(-c2cc(C(=O)OC)cc(-c3cn(CCCCCCCC)nn3)n2)nn1. The van der Waals surface area contributed by atoms with Crippen LogP contribution in [-0.2, 0) is 17.8 Å². The van der Waals surface area contributed by atoms with E-state index in [0.717, 1.165) is 25.9 Å². The molecule has 196 valence electrons. The number of carbonyl (C=O) groups is 1. The maximum Gasteiger partial charge on any atom is 0.338 e. The maximum atomic E-state index is 12.4. The third-order valence-electron chi connectivity index (χ3n) is 6.33. The van der Waals surface area contributed by atoms with Gasteiger partial charge in [-0.25, -0.2) is 9.78 Å². The molecule has 0 fully saturated rings. The van der Waals surface area contributed by atoms with Crippen molar-refractivity contribution in [2.24, 2.45) is 0 Å². The van der Waals surface area contributed by atoms with Gasteiger partial charge in [-0.1, -0.05) is 88.5 Å². The van der Waals surface area contributed by atoms with E-state index in [1.54, 1.807) is 12.1 Å². The molecule has 36 heavy (non-hydrogen) atoms. The zero-order chi connectivity index (χ0) is 25.6. The molecule has 0 N–H and O–H groups in total. The van der Waals surface area contributed by atoms with Gasteiger partial charge in [-0.05, 0) is 25.0 Å². The fourth-order valence-electron chi connectivity index (χ4n) is 4.19. The second-order valence-corrected chi connectivity index (χ2v) is 9.39. The minimum absolute atomic E-state index is 0.397. The molecule has 0 aliphatic carbocycles. The molecule has 0 saturated heterocycles. The molecule has 0 atom stereocenters. The molecule has 3 heterocycles. The Balaban J connectivity index is 1.68. The predicted octanol–water partition coefficient (Wildman–Crippen LogP) is 6.11. The first-order chi connectivity index (χ1) is 17.6. The third-order valence-corrected chi connectivity index (χ3v) is 6.33. The van der Waals surface area contributed by atoms with Crippen molar-refractivity contribution in [3.63, 3.8) is 0 Å². The van der Waals surface area contributed by atoms with Crippen LogP contribution in [0.5, 0.6) is 0 Å². The highest BCUT2D eigenvalue weighted by Gasteiger charge is 2.16. The molecule has 0 amide bonds. The van der Waals surface area contributed by atoms with E-state index in [1.165, 1.54) is 71.3 Å². The minimum Gasteiger partial charge on any atom is -0.465 e. The van der Waals surface area contributed by atoms with Gasteiger partial charge in [0.05, 0.1) is 36.5 Å². The largest absolute Gasteiger partial charge is 0.465 e. The van der Waals surface area contributed by atoms with Crippen molar-refractivity contribution in [3.8, 4) is 22.8 Å². The van der Waals surface area contributed by atoms with Crippen molar-refractivity contribution in [2.45, 2.75) is 104 Å². The van der Waals surface area contributed by atoms with Crippen molar-refractivity contribution in [1.29, 1.82) is 0 Å². The highest BCUT2D eigenvalue weighted by Crippen LogP contribution is 2.23. The van der Waals surface area contributed by atoms with E-state index in [4.69, 9.17) is 9.72 Å². The van der Waals surface area contributed by atoms with E-state index < -0.39 is 5.97 Å². The van der Waals surface area contributed by atoms with Gasteiger partial charge in [0.2, 0.25) is 0 Å². The van der Waals surface area contributed by atoms with Crippen molar-refractivity contribution in [2.75, 3.05) is 7.11 Å². The molecule has 3 rings (SSSR count). The summed E-state index contributed by atoms with van der Waals surface area (Å²) in [4.78, 5) is 17.1. The number of aryl methyl sites for hydroxylation is 2. The number of esters is 1. The van der Waals surface area contributed by atoms with Crippen LogP contribution in [0.15, 0.2) is 24.5 Å². The van der Waals surface area contributed by atoms with Crippen LogP contribution in [0.3, 0.4) is 0 Å². The summed E-state index contributed by atoms with van der Waals surface area (Å²) < 4.78 is 8.66. The summed E-state index contributed by atoms with van der Waals surface area (Å²) in [6, 6.07) is 3.38. The molecule has 0 spiro atoms. The Hall–Kier alpha value is -3.10. The Morgan fingerprint density at radius 2 is 1.14 bits per heavy atom. The van der Waals surface area contributed by atoms with Crippen LogP contribution in [0.4, 0.5) is 0 Å². The van der Waals surface area contributed by atoms with Crippen LogP contribution in [0, 0.1) is 0 Å². The fraction of sp³-hybridized carbons (Fsp3) is 0.630. The van der Waals surface area contributed by atoms with Crippen LogP contribution in [0.25, 0.3) is 22.8 Å². The average Bonchev–Trinajstić information content (AvgIpc) is 3.57. The number of nitrogens with zero attached hydrogens (tertiary/aromatic N) is 7. The second kappa shape index (κ2) is 15.1. The van der Waals surface area contributed by atoms with Gasteiger partial charge in [-0.2, -0.15) is 0 Å². The molecule has 3 aromatic rings. The zero-order valence-corrected chi connectivity index (χ0v) is 22.2. The Bertz CT molecular complexity index is 988. The van der Waals surface area contributed by atoms with Gasteiger partial charge in [-0.3, -0.25) is 9.36 Å². The molecule has 3 aromatic heterocycles. The van der Waals surface area contributed by atoms with Crippen molar-refractivity contribution >= 4 is 5.97 Å². The van der Waals surface area contributed by atoms with Crippen LogP contribution in [-0.4, -0.2) is 48.1 Å². The molecular formula is C27H41N7O2. The Morgan fingerprint density at radius 3 is 1.58 bits per heavy atom. The van der Waals surface area contributed by atoms with Gasteiger partial charge >= 0.3 is 5.97 Å². The molecular weight excluding hydrogens is 454 g/mol. The van der Waals surface area contributed by atoms with Crippen molar-refractivity contribution < 1.29 is 9.53 Å². The highest BCUT2D eigenvalue weighted by molar-refractivity contribution is 5.91. The summed E-state index contributed by atoms with van der Waals surface area (Å²) in [6.07, 6.45) is 18.4. The van der Waals surface area contributed by atoms with Gasteiger partial charge in [0.1, 0.15) is 11.4 Å². The van der Waals surface area contributed by atoms with Crippen LogP contribution in [0.1, 0.15) is 101 Å². The number of methoxy groups -OCH3 is 1. The lowest BCUT2D eigenvalue weighted by Crippen LogP contribution is -2.03. The van der Waals surface area contributed by atoms with E-state index in [2.05, 4.69) is 34.5 Å². The first kappa shape index (κ1) is 27.5.